The summed E-state index contributed by atoms with van der Waals surface area (Å²) in [5, 5.41) is 12.1. The van der Waals surface area contributed by atoms with E-state index < -0.39 is 0 Å². The van der Waals surface area contributed by atoms with E-state index in [0.29, 0.717) is 0 Å². The normalized spacial score (nSPS) is 12.1. The average Bonchev–Trinajstić information content (AvgIpc) is 2.90. The van der Waals surface area contributed by atoms with Crippen molar-refractivity contribution in [1.29, 1.82) is 0 Å². The Labute approximate surface area is 106 Å². The van der Waals surface area contributed by atoms with Gasteiger partial charge in [0.25, 0.3) is 0 Å². The van der Waals surface area contributed by atoms with E-state index in [0.717, 1.165) is 11.3 Å². The summed E-state index contributed by atoms with van der Waals surface area (Å²) in [6, 6.07) is 12.8. The van der Waals surface area contributed by atoms with Gasteiger partial charge in [-0.1, -0.05) is 30.3 Å². The number of carbonyl (C=O) groups is 1. The summed E-state index contributed by atoms with van der Waals surface area (Å²) in [6.45, 7) is -0.111. The lowest BCUT2D eigenvalue weighted by atomic mass is 10.1. The lowest BCUT2D eigenvalue weighted by Crippen LogP contribution is -2.32. The van der Waals surface area contributed by atoms with Gasteiger partial charge in [-0.15, -0.1) is 0 Å². The number of nitrogens with one attached hydrogen (secondary N) is 2. The zero-order chi connectivity index (χ0) is 12.8. The fraction of sp³-hybridized carbons (Fsp3) is 0.214. The maximum Gasteiger partial charge on any atom is 0.226 e. The van der Waals surface area contributed by atoms with E-state index in [1.165, 1.54) is 0 Å². The molecule has 1 heterocycles. The lowest BCUT2D eigenvalue weighted by molar-refractivity contribution is -0.121. The minimum atomic E-state index is -0.353. The molecule has 4 nitrogen and oxygen atoms in total. The number of benzene rings is 1. The molecule has 3 N–H and O–H groups in total. The Hall–Kier alpha value is -2.07. The van der Waals surface area contributed by atoms with Gasteiger partial charge >= 0.3 is 0 Å². The molecule has 1 amide bonds. The van der Waals surface area contributed by atoms with Crippen LogP contribution in [0.5, 0.6) is 0 Å². The molecular weight excluding hydrogens is 228 g/mol. The van der Waals surface area contributed by atoms with Crippen LogP contribution in [0, 0.1) is 0 Å². The van der Waals surface area contributed by atoms with Crippen molar-refractivity contribution in [2.75, 3.05) is 6.61 Å². The van der Waals surface area contributed by atoms with E-state index in [4.69, 9.17) is 0 Å². The summed E-state index contributed by atoms with van der Waals surface area (Å²) < 4.78 is 0. The standard InChI is InChI=1S/C14H16N2O2/c17-10-13(11-5-2-1-3-6-11)16-14(18)9-12-7-4-8-15-12/h1-8,13,15,17H,9-10H2,(H,16,18). The second kappa shape index (κ2) is 6.02. The molecule has 0 bridgehead atoms. The third-order valence-corrected chi connectivity index (χ3v) is 2.73. The number of amides is 1. The van der Waals surface area contributed by atoms with Gasteiger partial charge in [0.1, 0.15) is 0 Å². The second-order valence-corrected chi connectivity index (χ2v) is 4.09. The minimum absolute atomic E-state index is 0.111. The number of hydrogen-bond donors (Lipinski definition) is 3. The molecule has 0 spiro atoms. The number of aliphatic hydroxyl groups is 1. The Morgan fingerprint density at radius 2 is 2.00 bits per heavy atom. The van der Waals surface area contributed by atoms with E-state index in [2.05, 4.69) is 10.3 Å². The molecule has 1 aromatic heterocycles. The summed E-state index contributed by atoms with van der Waals surface area (Å²) in [4.78, 5) is 14.8. The largest absolute Gasteiger partial charge is 0.394 e. The number of H-pyrrole nitrogens is 1. The number of aromatic amines is 1. The van der Waals surface area contributed by atoms with Gasteiger partial charge in [-0.2, -0.15) is 0 Å². The molecule has 0 fully saturated rings. The van der Waals surface area contributed by atoms with Crippen LogP contribution in [0.1, 0.15) is 17.3 Å². The Morgan fingerprint density at radius 3 is 2.61 bits per heavy atom. The summed E-state index contributed by atoms with van der Waals surface area (Å²) >= 11 is 0. The molecule has 0 aliphatic rings. The van der Waals surface area contributed by atoms with Gasteiger partial charge < -0.3 is 15.4 Å². The maximum absolute atomic E-state index is 11.8. The van der Waals surface area contributed by atoms with Crippen molar-refractivity contribution in [3.63, 3.8) is 0 Å². The predicted octanol–water partition coefficient (Wildman–Crippen LogP) is 1.41. The first-order chi connectivity index (χ1) is 8.79. The number of aliphatic hydroxyl groups excluding tert-OH is 1. The zero-order valence-electron chi connectivity index (χ0n) is 9.97. The number of carbonyl (C=O) groups excluding carboxylic acids is 1. The smallest absolute Gasteiger partial charge is 0.226 e. The maximum atomic E-state index is 11.8. The topological polar surface area (TPSA) is 65.1 Å². The molecule has 0 saturated carbocycles. The minimum Gasteiger partial charge on any atom is -0.394 e. The molecule has 1 unspecified atom stereocenters. The van der Waals surface area contributed by atoms with Crippen LogP contribution in [0.15, 0.2) is 48.7 Å². The molecule has 94 valence electrons. The van der Waals surface area contributed by atoms with Crippen LogP contribution in [0.3, 0.4) is 0 Å². The zero-order valence-corrected chi connectivity index (χ0v) is 9.97. The van der Waals surface area contributed by atoms with Crippen LogP contribution in [0.4, 0.5) is 0 Å². The Balaban J connectivity index is 1.96. The van der Waals surface area contributed by atoms with Gasteiger partial charge in [-0.05, 0) is 17.7 Å². The molecule has 2 aromatic rings. The molecule has 18 heavy (non-hydrogen) atoms. The summed E-state index contributed by atoms with van der Waals surface area (Å²) in [5.74, 6) is -0.111. The molecule has 0 radical (unpaired) electrons. The monoisotopic (exact) mass is 244 g/mol. The lowest BCUT2D eigenvalue weighted by Gasteiger charge is -2.16. The number of hydrogen-bond acceptors (Lipinski definition) is 2. The predicted molar refractivity (Wildman–Crippen MR) is 68.9 cm³/mol. The first-order valence-corrected chi connectivity index (χ1v) is 5.87. The Morgan fingerprint density at radius 1 is 1.22 bits per heavy atom. The summed E-state index contributed by atoms with van der Waals surface area (Å²) in [6.07, 6.45) is 2.07. The molecule has 1 aromatic carbocycles. The van der Waals surface area contributed by atoms with E-state index in [-0.39, 0.29) is 25.0 Å². The number of rotatable bonds is 5. The third kappa shape index (κ3) is 3.21. The highest BCUT2D eigenvalue weighted by Gasteiger charge is 2.13. The van der Waals surface area contributed by atoms with Crippen LogP contribution in [0.25, 0.3) is 0 Å². The van der Waals surface area contributed by atoms with Crippen LogP contribution in [-0.4, -0.2) is 22.6 Å². The third-order valence-electron chi connectivity index (χ3n) is 2.73. The highest BCUT2D eigenvalue weighted by molar-refractivity contribution is 5.78. The van der Waals surface area contributed by atoms with E-state index in [9.17, 15) is 9.90 Å². The molecule has 0 aliphatic carbocycles. The van der Waals surface area contributed by atoms with E-state index in [1.54, 1.807) is 6.20 Å². The number of aromatic nitrogens is 1. The summed E-state index contributed by atoms with van der Waals surface area (Å²) in [7, 11) is 0. The van der Waals surface area contributed by atoms with Crippen LogP contribution in [-0.2, 0) is 11.2 Å². The van der Waals surface area contributed by atoms with Crippen molar-refractivity contribution in [3.8, 4) is 0 Å². The van der Waals surface area contributed by atoms with Crippen molar-refractivity contribution in [2.24, 2.45) is 0 Å². The second-order valence-electron chi connectivity index (χ2n) is 4.09. The van der Waals surface area contributed by atoms with E-state index in [1.807, 2.05) is 42.5 Å². The fourth-order valence-electron chi connectivity index (χ4n) is 1.82. The fourth-order valence-corrected chi connectivity index (χ4v) is 1.82. The van der Waals surface area contributed by atoms with Gasteiger partial charge in [0.15, 0.2) is 0 Å². The highest BCUT2D eigenvalue weighted by atomic mass is 16.3. The van der Waals surface area contributed by atoms with Gasteiger partial charge in [0.05, 0.1) is 19.1 Å². The first kappa shape index (κ1) is 12.4. The van der Waals surface area contributed by atoms with Crippen LogP contribution in [0.2, 0.25) is 0 Å². The van der Waals surface area contributed by atoms with Crippen molar-refractivity contribution < 1.29 is 9.90 Å². The van der Waals surface area contributed by atoms with Gasteiger partial charge in [0.2, 0.25) is 5.91 Å². The van der Waals surface area contributed by atoms with E-state index >= 15 is 0 Å². The Kier molecular flexibility index (Phi) is 4.15. The average molecular weight is 244 g/mol. The van der Waals surface area contributed by atoms with Crippen LogP contribution < -0.4 is 5.32 Å². The van der Waals surface area contributed by atoms with Gasteiger partial charge in [-0.25, -0.2) is 0 Å². The molecule has 0 aliphatic heterocycles. The molecule has 0 saturated heterocycles. The van der Waals surface area contributed by atoms with Gasteiger partial charge in [0, 0.05) is 11.9 Å². The molecule has 4 heteroatoms. The van der Waals surface area contributed by atoms with Crippen molar-refractivity contribution in [2.45, 2.75) is 12.5 Å². The molecule has 1 atom stereocenters. The van der Waals surface area contributed by atoms with Crippen molar-refractivity contribution in [3.05, 3.63) is 59.9 Å². The van der Waals surface area contributed by atoms with Crippen LogP contribution >= 0.6 is 0 Å². The quantitative estimate of drug-likeness (QED) is 0.744. The Bertz CT molecular complexity index is 480. The summed E-state index contributed by atoms with van der Waals surface area (Å²) in [5.41, 5.74) is 1.76. The molecular formula is C14H16N2O2. The first-order valence-electron chi connectivity index (χ1n) is 5.87. The van der Waals surface area contributed by atoms with Gasteiger partial charge in [-0.3, -0.25) is 4.79 Å². The SMILES string of the molecule is O=C(Cc1ccc[nH]1)NC(CO)c1ccccc1. The van der Waals surface area contributed by atoms with Crippen molar-refractivity contribution >= 4 is 5.91 Å². The highest BCUT2D eigenvalue weighted by Crippen LogP contribution is 2.11. The van der Waals surface area contributed by atoms with Crippen molar-refractivity contribution in [1.82, 2.24) is 10.3 Å². The molecule has 2 rings (SSSR count).